The highest BCUT2D eigenvalue weighted by Gasteiger charge is 2.31. The summed E-state index contributed by atoms with van der Waals surface area (Å²) in [5.41, 5.74) is 3.03. The molecule has 2 heterocycles. The summed E-state index contributed by atoms with van der Waals surface area (Å²) >= 11 is 6.15. The maximum absolute atomic E-state index is 13.8. The van der Waals surface area contributed by atoms with Gasteiger partial charge in [0, 0.05) is 36.9 Å². The number of piperazine rings is 1. The summed E-state index contributed by atoms with van der Waals surface area (Å²) in [6, 6.07) is 18.9. The highest BCUT2D eigenvalue weighted by Crippen LogP contribution is 2.34. The molecule has 3 aromatic rings. The molecule has 0 amide bonds. The van der Waals surface area contributed by atoms with E-state index in [0.29, 0.717) is 17.1 Å². The predicted molar refractivity (Wildman–Crippen MR) is 130 cm³/mol. The van der Waals surface area contributed by atoms with E-state index in [1.54, 1.807) is 10.6 Å². The first kappa shape index (κ1) is 22.6. The van der Waals surface area contributed by atoms with Gasteiger partial charge >= 0.3 is 0 Å². The van der Waals surface area contributed by atoms with Crippen LogP contribution in [0.1, 0.15) is 35.3 Å². The molecule has 0 bridgehead atoms. The van der Waals surface area contributed by atoms with Gasteiger partial charge < -0.3 is 14.6 Å². The molecule has 1 unspecified atom stereocenters. The van der Waals surface area contributed by atoms with Crippen molar-refractivity contribution in [1.29, 1.82) is 0 Å². The number of likely N-dealkylation sites (N-methyl/N-ethyl adjacent to an activating group) is 1. The lowest BCUT2D eigenvalue weighted by molar-refractivity contribution is 0.111. The molecular weight excluding hydrogens is 422 g/mol. The zero-order chi connectivity index (χ0) is 22.7. The molecule has 1 aromatic heterocycles. The summed E-state index contributed by atoms with van der Waals surface area (Å²) in [6.45, 7) is 9.04. The lowest BCUT2D eigenvalue weighted by atomic mass is 9.96. The third-order valence-electron chi connectivity index (χ3n) is 6.38. The van der Waals surface area contributed by atoms with Crippen LogP contribution in [0.2, 0.25) is 5.02 Å². The van der Waals surface area contributed by atoms with Crippen LogP contribution in [-0.2, 0) is 6.54 Å². The Morgan fingerprint density at radius 3 is 2.28 bits per heavy atom. The normalized spacial score (nSPS) is 16.2. The van der Waals surface area contributed by atoms with Gasteiger partial charge in [0.2, 0.25) is 0 Å². The molecule has 0 radical (unpaired) electrons. The SMILES string of the molecule is CCN1CCN(C(c2ccc(Cl)cc2)c2c(O)cc(C)n(Cc3ccccc3)c2=O)CC1. The summed E-state index contributed by atoms with van der Waals surface area (Å²) in [4.78, 5) is 18.5. The highest BCUT2D eigenvalue weighted by molar-refractivity contribution is 6.30. The van der Waals surface area contributed by atoms with Crippen LogP contribution in [0.15, 0.2) is 65.5 Å². The minimum Gasteiger partial charge on any atom is -0.507 e. The summed E-state index contributed by atoms with van der Waals surface area (Å²) in [5.74, 6) is 0.0506. The van der Waals surface area contributed by atoms with E-state index < -0.39 is 0 Å². The Morgan fingerprint density at radius 1 is 1.00 bits per heavy atom. The maximum Gasteiger partial charge on any atom is 0.259 e. The van der Waals surface area contributed by atoms with Gasteiger partial charge in [0.05, 0.1) is 18.2 Å². The number of benzene rings is 2. The lowest BCUT2D eigenvalue weighted by Crippen LogP contribution is -2.48. The second-order valence-electron chi connectivity index (χ2n) is 8.39. The van der Waals surface area contributed by atoms with E-state index in [-0.39, 0.29) is 17.4 Å². The fraction of sp³-hybridized carbons (Fsp3) is 0.346. The molecule has 168 valence electrons. The van der Waals surface area contributed by atoms with Gasteiger partial charge in [0.1, 0.15) is 5.75 Å². The van der Waals surface area contributed by atoms with E-state index in [1.807, 2.05) is 61.5 Å². The van der Waals surface area contributed by atoms with Crippen LogP contribution in [-0.4, -0.2) is 52.2 Å². The Labute approximate surface area is 194 Å². The van der Waals surface area contributed by atoms with Gasteiger partial charge in [-0.1, -0.05) is 61.0 Å². The summed E-state index contributed by atoms with van der Waals surface area (Å²) in [5, 5.41) is 11.7. The van der Waals surface area contributed by atoms with E-state index in [9.17, 15) is 9.90 Å². The minimum atomic E-state index is -0.332. The molecule has 32 heavy (non-hydrogen) atoms. The van der Waals surface area contributed by atoms with E-state index in [2.05, 4.69) is 16.7 Å². The number of pyridine rings is 1. The third kappa shape index (κ3) is 4.75. The first-order valence-corrected chi connectivity index (χ1v) is 11.5. The molecule has 0 saturated carbocycles. The van der Waals surface area contributed by atoms with Crippen molar-refractivity contribution in [2.24, 2.45) is 0 Å². The molecule has 2 aromatic carbocycles. The molecule has 1 N–H and O–H groups in total. The van der Waals surface area contributed by atoms with Crippen LogP contribution < -0.4 is 5.56 Å². The number of hydrogen-bond donors (Lipinski definition) is 1. The number of nitrogens with zero attached hydrogens (tertiary/aromatic N) is 3. The molecule has 1 aliphatic heterocycles. The number of aromatic hydroxyl groups is 1. The Kier molecular flexibility index (Phi) is 6.99. The fourth-order valence-electron chi connectivity index (χ4n) is 4.53. The van der Waals surface area contributed by atoms with Gasteiger partial charge in [-0.15, -0.1) is 0 Å². The predicted octanol–water partition coefficient (Wildman–Crippen LogP) is 4.29. The average Bonchev–Trinajstić information content (AvgIpc) is 2.81. The maximum atomic E-state index is 13.8. The van der Waals surface area contributed by atoms with Gasteiger partial charge in [-0.3, -0.25) is 9.69 Å². The Hall–Kier alpha value is -2.60. The highest BCUT2D eigenvalue weighted by atomic mass is 35.5. The van der Waals surface area contributed by atoms with Crippen LogP contribution >= 0.6 is 11.6 Å². The van der Waals surface area contributed by atoms with Crippen LogP contribution in [0.5, 0.6) is 5.75 Å². The largest absolute Gasteiger partial charge is 0.507 e. The van der Waals surface area contributed by atoms with E-state index in [1.165, 1.54) is 0 Å². The van der Waals surface area contributed by atoms with Gasteiger partial charge in [-0.25, -0.2) is 0 Å². The molecule has 1 fully saturated rings. The van der Waals surface area contributed by atoms with Gasteiger partial charge in [-0.2, -0.15) is 0 Å². The van der Waals surface area contributed by atoms with Crippen LogP contribution in [0.25, 0.3) is 0 Å². The number of rotatable bonds is 6. The van der Waals surface area contributed by atoms with Crippen molar-refractivity contribution in [3.63, 3.8) is 0 Å². The van der Waals surface area contributed by atoms with Gasteiger partial charge in [-0.05, 0) is 42.8 Å². The van der Waals surface area contributed by atoms with Crippen molar-refractivity contribution >= 4 is 11.6 Å². The summed E-state index contributed by atoms with van der Waals surface area (Å²) in [6.07, 6.45) is 0. The zero-order valence-electron chi connectivity index (χ0n) is 18.7. The van der Waals surface area contributed by atoms with Crippen molar-refractivity contribution < 1.29 is 5.11 Å². The fourth-order valence-corrected chi connectivity index (χ4v) is 4.66. The molecular formula is C26H30ClN3O2. The molecule has 0 spiro atoms. The van der Waals surface area contributed by atoms with E-state index >= 15 is 0 Å². The Balaban J connectivity index is 1.80. The standard InChI is InChI=1S/C26H30ClN3O2/c1-3-28-13-15-29(16-14-28)25(21-9-11-22(27)12-10-21)24-23(31)17-19(2)30(26(24)32)18-20-7-5-4-6-8-20/h4-12,17,25,31H,3,13-16,18H2,1-2H3. The van der Waals surface area contributed by atoms with Crippen molar-refractivity contribution in [1.82, 2.24) is 14.4 Å². The number of hydrogen-bond acceptors (Lipinski definition) is 4. The number of aryl methyl sites for hydroxylation is 1. The quantitative estimate of drug-likeness (QED) is 0.607. The Bertz CT molecular complexity index is 1100. The Morgan fingerprint density at radius 2 is 1.66 bits per heavy atom. The van der Waals surface area contributed by atoms with Crippen molar-refractivity contribution in [2.45, 2.75) is 26.4 Å². The van der Waals surface area contributed by atoms with Crippen molar-refractivity contribution in [2.75, 3.05) is 32.7 Å². The number of aromatic nitrogens is 1. The second-order valence-corrected chi connectivity index (χ2v) is 8.82. The first-order valence-electron chi connectivity index (χ1n) is 11.2. The second kappa shape index (κ2) is 9.90. The van der Waals surface area contributed by atoms with Gasteiger partial charge in [0.25, 0.3) is 5.56 Å². The molecule has 6 heteroatoms. The van der Waals surface area contributed by atoms with E-state index in [0.717, 1.165) is 49.5 Å². The summed E-state index contributed by atoms with van der Waals surface area (Å²) < 4.78 is 1.76. The smallest absolute Gasteiger partial charge is 0.259 e. The molecule has 5 nitrogen and oxygen atoms in total. The van der Waals surface area contributed by atoms with Crippen LogP contribution in [0.4, 0.5) is 0 Å². The number of halogens is 1. The van der Waals surface area contributed by atoms with E-state index in [4.69, 9.17) is 11.6 Å². The minimum absolute atomic E-state index is 0.0506. The van der Waals surface area contributed by atoms with Crippen LogP contribution in [0.3, 0.4) is 0 Å². The summed E-state index contributed by atoms with van der Waals surface area (Å²) in [7, 11) is 0. The first-order chi connectivity index (χ1) is 15.5. The van der Waals surface area contributed by atoms with Crippen LogP contribution in [0, 0.1) is 6.92 Å². The van der Waals surface area contributed by atoms with Crippen molar-refractivity contribution in [3.8, 4) is 5.75 Å². The third-order valence-corrected chi connectivity index (χ3v) is 6.64. The lowest BCUT2D eigenvalue weighted by Gasteiger charge is -2.39. The molecule has 4 rings (SSSR count). The molecule has 0 aliphatic carbocycles. The molecule has 1 aliphatic rings. The average molecular weight is 452 g/mol. The van der Waals surface area contributed by atoms with Gasteiger partial charge in [0.15, 0.2) is 0 Å². The topological polar surface area (TPSA) is 48.7 Å². The molecule has 1 saturated heterocycles. The van der Waals surface area contributed by atoms with Crippen molar-refractivity contribution in [3.05, 3.63) is 98.4 Å². The monoisotopic (exact) mass is 451 g/mol. The molecule has 1 atom stereocenters. The zero-order valence-corrected chi connectivity index (χ0v) is 19.4.